The molecule has 3 N–H and O–H groups in total. The van der Waals surface area contributed by atoms with Crippen molar-refractivity contribution in [1.82, 2.24) is 0 Å². The molecule has 1 aromatic carbocycles. The van der Waals surface area contributed by atoms with Gasteiger partial charge in [-0.25, -0.2) is 0 Å². The van der Waals surface area contributed by atoms with E-state index >= 15 is 0 Å². The van der Waals surface area contributed by atoms with Gasteiger partial charge in [0.25, 0.3) is 0 Å². The summed E-state index contributed by atoms with van der Waals surface area (Å²) >= 11 is 1.66. The topological polar surface area (TPSA) is 47.3 Å². The monoisotopic (exact) mass is 262 g/mol. The van der Waals surface area contributed by atoms with E-state index < -0.39 is 0 Å². The van der Waals surface area contributed by atoms with Gasteiger partial charge in [0.1, 0.15) is 5.75 Å². The first kappa shape index (κ1) is 12.8. The quantitative estimate of drug-likeness (QED) is 0.834. The van der Waals surface area contributed by atoms with Gasteiger partial charge in [-0.05, 0) is 30.0 Å². The van der Waals surface area contributed by atoms with Gasteiger partial charge < -0.3 is 15.8 Å². The lowest BCUT2D eigenvalue weighted by molar-refractivity contribution is 0.319. The molecule has 1 aromatic heterocycles. The number of hydrogen-bond donors (Lipinski definition) is 2. The van der Waals surface area contributed by atoms with Crippen LogP contribution in [0.4, 0.5) is 11.4 Å². The van der Waals surface area contributed by atoms with Crippen LogP contribution in [-0.4, -0.2) is 6.61 Å². The maximum absolute atomic E-state index is 5.86. The van der Waals surface area contributed by atoms with Crippen molar-refractivity contribution in [3.05, 3.63) is 40.6 Å². The molecule has 0 saturated heterocycles. The summed E-state index contributed by atoms with van der Waals surface area (Å²) in [7, 11) is 0. The molecule has 2 aromatic rings. The zero-order valence-corrected chi connectivity index (χ0v) is 11.3. The molecule has 0 fully saturated rings. The number of benzene rings is 1. The summed E-state index contributed by atoms with van der Waals surface area (Å²) in [6.07, 6.45) is 1.01. The van der Waals surface area contributed by atoms with Gasteiger partial charge in [0.15, 0.2) is 0 Å². The number of nitrogens with two attached hydrogens (primary N) is 1. The van der Waals surface area contributed by atoms with Crippen molar-refractivity contribution in [2.75, 3.05) is 17.7 Å². The highest BCUT2D eigenvalue weighted by Crippen LogP contribution is 2.26. The second kappa shape index (κ2) is 6.31. The Morgan fingerprint density at radius 3 is 2.83 bits per heavy atom. The molecule has 0 unspecified atom stereocenters. The zero-order valence-electron chi connectivity index (χ0n) is 10.5. The van der Waals surface area contributed by atoms with Gasteiger partial charge >= 0.3 is 0 Å². The van der Waals surface area contributed by atoms with Crippen LogP contribution in [-0.2, 0) is 6.54 Å². The van der Waals surface area contributed by atoms with Crippen LogP contribution in [0.15, 0.2) is 35.7 Å². The molecule has 4 heteroatoms. The summed E-state index contributed by atoms with van der Waals surface area (Å²) in [6, 6.07) is 9.92. The van der Waals surface area contributed by atoms with Crippen LogP contribution < -0.4 is 15.8 Å². The standard InChI is InChI=1S/C14H18N2OS/c1-2-8-17-13-6-4-3-5-12(13)16-10-14-11(15)7-9-18-14/h3-7,9,16H,2,8,10,15H2,1H3. The molecular formula is C14H18N2OS. The highest BCUT2D eigenvalue weighted by Gasteiger charge is 2.04. The van der Waals surface area contributed by atoms with Gasteiger partial charge in [-0.15, -0.1) is 11.3 Å². The van der Waals surface area contributed by atoms with E-state index in [0.29, 0.717) is 0 Å². The Balaban J connectivity index is 2.02. The van der Waals surface area contributed by atoms with Crippen LogP contribution in [0.25, 0.3) is 0 Å². The molecule has 0 aliphatic rings. The predicted molar refractivity (Wildman–Crippen MR) is 78.3 cm³/mol. The van der Waals surface area contributed by atoms with Crippen molar-refractivity contribution in [3.63, 3.8) is 0 Å². The fraction of sp³-hybridized carbons (Fsp3) is 0.286. The van der Waals surface area contributed by atoms with E-state index in [1.165, 1.54) is 0 Å². The normalized spacial score (nSPS) is 10.3. The van der Waals surface area contributed by atoms with E-state index in [0.717, 1.165) is 41.6 Å². The second-order valence-corrected chi connectivity index (χ2v) is 5.00. The first-order valence-electron chi connectivity index (χ1n) is 6.08. The molecule has 3 nitrogen and oxygen atoms in total. The molecule has 1 heterocycles. The van der Waals surface area contributed by atoms with Crippen molar-refractivity contribution in [2.24, 2.45) is 0 Å². The Kier molecular flexibility index (Phi) is 4.47. The summed E-state index contributed by atoms with van der Waals surface area (Å²) in [4.78, 5) is 1.15. The summed E-state index contributed by atoms with van der Waals surface area (Å²) in [5.74, 6) is 0.898. The van der Waals surface area contributed by atoms with E-state index in [9.17, 15) is 0 Å². The predicted octanol–water partition coefficient (Wildman–Crippen LogP) is 3.73. The van der Waals surface area contributed by atoms with E-state index in [4.69, 9.17) is 10.5 Å². The van der Waals surface area contributed by atoms with Gasteiger partial charge in [0, 0.05) is 10.6 Å². The summed E-state index contributed by atoms with van der Waals surface area (Å²) < 4.78 is 5.70. The Morgan fingerprint density at radius 1 is 1.28 bits per heavy atom. The Hall–Kier alpha value is -1.68. The fourth-order valence-corrected chi connectivity index (χ4v) is 2.36. The third-order valence-corrected chi connectivity index (χ3v) is 3.50. The lowest BCUT2D eigenvalue weighted by Gasteiger charge is -2.12. The number of ether oxygens (including phenoxy) is 1. The Bertz CT molecular complexity index is 496. The smallest absolute Gasteiger partial charge is 0.142 e. The van der Waals surface area contributed by atoms with Crippen LogP contribution in [0.2, 0.25) is 0 Å². The van der Waals surface area contributed by atoms with E-state index in [2.05, 4.69) is 12.2 Å². The second-order valence-electron chi connectivity index (χ2n) is 4.00. The highest BCUT2D eigenvalue weighted by molar-refractivity contribution is 7.10. The van der Waals surface area contributed by atoms with Crippen LogP contribution in [0.1, 0.15) is 18.2 Å². The van der Waals surface area contributed by atoms with Crippen molar-refractivity contribution in [1.29, 1.82) is 0 Å². The molecule has 18 heavy (non-hydrogen) atoms. The molecule has 0 aliphatic carbocycles. The summed E-state index contributed by atoms with van der Waals surface area (Å²) in [5.41, 5.74) is 7.72. The van der Waals surface area contributed by atoms with E-state index in [1.807, 2.05) is 35.7 Å². The maximum atomic E-state index is 5.86. The minimum atomic E-state index is 0.732. The van der Waals surface area contributed by atoms with Crippen molar-refractivity contribution in [3.8, 4) is 5.75 Å². The van der Waals surface area contributed by atoms with Gasteiger partial charge in [0.2, 0.25) is 0 Å². The molecule has 0 atom stereocenters. The van der Waals surface area contributed by atoms with Crippen molar-refractivity contribution >= 4 is 22.7 Å². The highest BCUT2D eigenvalue weighted by atomic mass is 32.1. The van der Waals surface area contributed by atoms with E-state index in [-0.39, 0.29) is 0 Å². The first-order valence-corrected chi connectivity index (χ1v) is 6.96. The average Bonchev–Trinajstić information content (AvgIpc) is 2.80. The molecule has 2 rings (SSSR count). The van der Waals surface area contributed by atoms with Gasteiger partial charge in [-0.2, -0.15) is 0 Å². The first-order chi connectivity index (χ1) is 8.81. The third kappa shape index (κ3) is 3.17. The summed E-state index contributed by atoms with van der Waals surface area (Å²) in [5, 5.41) is 5.38. The maximum Gasteiger partial charge on any atom is 0.142 e. The van der Waals surface area contributed by atoms with Crippen LogP contribution in [0, 0.1) is 0 Å². The molecule has 0 aliphatic heterocycles. The lowest BCUT2D eigenvalue weighted by Crippen LogP contribution is -2.03. The van der Waals surface area contributed by atoms with Crippen LogP contribution in [0.3, 0.4) is 0 Å². The third-order valence-electron chi connectivity index (χ3n) is 2.57. The van der Waals surface area contributed by atoms with Crippen molar-refractivity contribution < 1.29 is 4.74 Å². The Labute approximate surface area is 112 Å². The molecule has 96 valence electrons. The molecular weight excluding hydrogens is 244 g/mol. The van der Waals surface area contributed by atoms with Gasteiger partial charge in [0.05, 0.1) is 18.8 Å². The SMILES string of the molecule is CCCOc1ccccc1NCc1sccc1N. The minimum Gasteiger partial charge on any atom is -0.491 e. The number of nitrogen functional groups attached to an aromatic ring is 1. The van der Waals surface area contributed by atoms with Crippen LogP contribution >= 0.6 is 11.3 Å². The van der Waals surface area contributed by atoms with E-state index in [1.54, 1.807) is 11.3 Å². The fourth-order valence-electron chi connectivity index (χ4n) is 1.62. The largest absolute Gasteiger partial charge is 0.491 e. The number of hydrogen-bond acceptors (Lipinski definition) is 4. The lowest BCUT2D eigenvalue weighted by atomic mass is 10.3. The number of rotatable bonds is 6. The van der Waals surface area contributed by atoms with Gasteiger partial charge in [-0.1, -0.05) is 19.1 Å². The molecule has 0 radical (unpaired) electrons. The number of para-hydroxylation sites is 2. The molecule has 0 amide bonds. The van der Waals surface area contributed by atoms with Crippen molar-refractivity contribution in [2.45, 2.75) is 19.9 Å². The molecule has 0 bridgehead atoms. The molecule has 0 spiro atoms. The van der Waals surface area contributed by atoms with Crippen LogP contribution in [0.5, 0.6) is 5.75 Å². The average molecular weight is 262 g/mol. The Morgan fingerprint density at radius 2 is 2.11 bits per heavy atom. The number of anilines is 2. The number of nitrogens with one attached hydrogen (secondary N) is 1. The zero-order chi connectivity index (χ0) is 12.8. The number of thiophene rings is 1. The summed E-state index contributed by atoms with van der Waals surface area (Å²) in [6.45, 7) is 3.57. The minimum absolute atomic E-state index is 0.732. The molecule has 0 saturated carbocycles. The van der Waals surface area contributed by atoms with Gasteiger partial charge in [-0.3, -0.25) is 0 Å².